The van der Waals surface area contributed by atoms with Crippen molar-refractivity contribution in [2.45, 2.75) is 39.2 Å². The number of hydrogen-bond acceptors (Lipinski definition) is 1. The van der Waals surface area contributed by atoms with Crippen molar-refractivity contribution in [3.63, 3.8) is 0 Å². The highest BCUT2D eigenvalue weighted by atomic mass is 35.5. The van der Waals surface area contributed by atoms with Gasteiger partial charge in [-0.05, 0) is 42.9 Å². The molecule has 18 heavy (non-hydrogen) atoms. The van der Waals surface area contributed by atoms with E-state index in [1.165, 1.54) is 18.2 Å². The van der Waals surface area contributed by atoms with Gasteiger partial charge >= 0.3 is 0 Å². The van der Waals surface area contributed by atoms with E-state index >= 15 is 0 Å². The molecule has 1 saturated carbocycles. The molecule has 0 bridgehead atoms. The van der Waals surface area contributed by atoms with Crippen molar-refractivity contribution in [2.24, 2.45) is 5.41 Å². The maximum atomic E-state index is 13.2. The van der Waals surface area contributed by atoms with Gasteiger partial charge in [0.1, 0.15) is 5.82 Å². The zero-order valence-corrected chi connectivity index (χ0v) is 11.4. The predicted octanol–water partition coefficient (Wildman–Crippen LogP) is 3.79. The quantitative estimate of drug-likeness (QED) is 0.885. The monoisotopic (exact) mass is 269 g/mol. The van der Waals surface area contributed by atoms with Gasteiger partial charge in [0, 0.05) is 16.6 Å². The van der Waals surface area contributed by atoms with E-state index in [0.717, 1.165) is 19.3 Å². The molecule has 1 aromatic carbocycles. The zero-order valence-electron chi connectivity index (χ0n) is 10.6. The number of amides is 1. The highest BCUT2D eigenvalue weighted by Crippen LogP contribution is 2.51. The Bertz CT molecular complexity index is 451. The molecule has 1 N–H and O–H groups in total. The first-order valence-corrected chi connectivity index (χ1v) is 6.65. The minimum atomic E-state index is -0.485. The Balaban J connectivity index is 2.05. The van der Waals surface area contributed by atoms with Crippen molar-refractivity contribution in [3.05, 3.63) is 34.6 Å². The molecular weight excluding hydrogens is 253 g/mol. The minimum Gasteiger partial charge on any atom is -0.349 e. The smallest absolute Gasteiger partial charge is 0.251 e. The molecule has 1 amide bonds. The van der Waals surface area contributed by atoms with Crippen molar-refractivity contribution < 1.29 is 9.18 Å². The fourth-order valence-electron chi connectivity index (χ4n) is 2.51. The molecule has 98 valence electrons. The third-order valence-electron chi connectivity index (χ3n) is 4.03. The number of rotatable bonds is 4. The third kappa shape index (κ3) is 2.51. The van der Waals surface area contributed by atoms with E-state index in [1.807, 2.05) is 0 Å². The molecule has 1 aliphatic carbocycles. The summed E-state index contributed by atoms with van der Waals surface area (Å²) in [6, 6.07) is 4.10. The Morgan fingerprint density at radius 1 is 1.44 bits per heavy atom. The summed E-state index contributed by atoms with van der Waals surface area (Å²) in [7, 11) is 0. The van der Waals surface area contributed by atoms with Gasteiger partial charge in [-0.3, -0.25) is 4.79 Å². The van der Waals surface area contributed by atoms with Gasteiger partial charge in [-0.15, -0.1) is 0 Å². The SMILES string of the molecule is CCC1(CC)C[C@H]1NC(=O)c1cc(F)cc(Cl)c1. The van der Waals surface area contributed by atoms with Crippen LogP contribution in [-0.2, 0) is 0 Å². The van der Waals surface area contributed by atoms with Crippen LogP contribution in [-0.4, -0.2) is 11.9 Å². The average molecular weight is 270 g/mol. The van der Waals surface area contributed by atoms with Gasteiger partial charge in [0.2, 0.25) is 0 Å². The summed E-state index contributed by atoms with van der Waals surface area (Å²) in [5.41, 5.74) is 0.528. The number of hydrogen-bond donors (Lipinski definition) is 1. The highest BCUT2D eigenvalue weighted by molar-refractivity contribution is 6.31. The van der Waals surface area contributed by atoms with E-state index in [9.17, 15) is 9.18 Å². The lowest BCUT2D eigenvalue weighted by molar-refractivity contribution is 0.0944. The predicted molar refractivity (Wildman–Crippen MR) is 70.3 cm³/mol. The van der Waals surface area contributed by atoms with Crippen LogP contribution in [0, 0.1) is 11.2 Å². The maximum Gasteiger partial charge on any atom is 0.251 e. The van der Waals surface area contributed by atoms with Crippen LogP contribution in [0.25, 0.3) is 0 Å². The summed E-state index contributed by atoms with van der Waals surface area (Å²) in [6.07, 6.45) is 3.12. The third-order valence-corrected chi connectivity index (χ3v) is 4.25. The van der Waals surface area contributed by atoms with Gasteiger partial charge < -0.3 is 5.32 Å². The molecule has 1 fully saturated rings. The second kappa shape index (κ2) is 4.88. The van der Waals surface area contributed by atoms with Crippen LogP contribution in [0.1, 0.15) is 43.5 Å². The summed E-state index contributed by atoms with van der Waals surface area (Å²) in [4.78, 5) is 12.0. The Morgan fingerprint density at radius 2 is 2.11 bits per heavy atom. The molecule has 0 spiro atoms. The Kier molecular flexibility index (Phi) is 3.62. The van der Waals surface area contributed by atoms with E-state index in [0.29, 0.717) is 0 Å². The van der Waals surface area contributed by atoms with Crippen molar-refractivity contribution in [3.8, 4) is 0 Å². The van der Waals surface area contributed by atoms with Crippen LogP contribution < -0.4 is 5.32 Å². The van der Waals surface area contributed by atoms with E-state index < -0.39 is 5.82 Å². The van der Waals surface area contributed by atoms with Gasteiger partial charge in [-0.25, -0.2) is 4.39 Å². The van der Waals surface area contributed by atoms with Gasteiger partial charge in [-0.1, -0.05) is 25.4 Å². The summed E-state index contributed by atoms with van der Waals surface area (Å²) in [5, 5.41) is 3.20. The molecule has 0 radical (unpaired) electrons. The van der Waals surface area contributed by atoms with Crippen molar-refractivity contribution >= 4 is 17.5 Å². The molecule has 1 atom stereocenters. The van der Waals surface area contributed by atoms with Gasteiger partial charge in [0.15, 0.2) is 0 Å². The van der Waals surface area contributed by atoms with Crippen LogP contribution in [0.4, 0.5) is 4.39 Å². The van der Waals surface area contributed by atoms with E-state index in [4.69, 9.17) is 11.6 Å². The number of carbonyl (C=O) groups is 1. The van der Waals surface area contributed by atoms with Crippen molar-refractivity contribution in [2.75, 3.05) is 0 Å². The second-order valence-corrected chi connectivity index (χ2v) is 5.39. The number of carbonyl (C=O) groups excluding carboxylic acids is 1. The van der Waals surface area contributed by atoms with Crippen LogP contribution in [0.2, 0.25) is 5.02 Å². The van der Waals surface area contributed by atoms with Crippen LogP contribution in [0.5, 0.6) is 0 Å². The van der Waals surface area contributed by atoms with Crippen LogP contribution in [0.3, 0.4) is 0 Å². The highest BCUT2D eigenvalue weighted by Gasteiger charge is 2.51. The Hall–Kier alpha value is -1.09. The fourth-order valence-corrected chi connectivity index (χ4v) is 2.73. The molecule has 0 saturated heterocycles. The lowest BCUT2D eigenvalue weighted by Gasteiger charge is -2.13. The minimum absolute atomic E-state index is 0.210. The average Bonchev–Trinajstić information content (AvgIpc) is 3.02. The summed E-state index contributed by atoms with van der Waals surface area (Å²) in [5.74, 6) is -0.731. The summed E-state index contributed by atoms with van der Waals surface area (Å²) in [6.45, 7) is 4.27. The molecule has 2 rings (SSSR count). The summed E-state index contributed by atoms with van der Waals surface area (Å²) < 4.78 is 13.2. The van der Waals surface area contributed by atoms with Gasteiger partial charge in [0.05, 0.1) is 0 Å². The Morgan fingerprint density at radius 3 is 2.61 bits per heavy atom. The molecule has 4 heteroatoms. The van der Waals surface area contributed by atoms with Gasteiger partial charge in [0.25, 0.3) is 5.91 Å². The number of benzene rings is 1. The lowest BCUT2D eigenvalue weighted by Crippen LogP contribution is -2.29. The fraction of sp³-hybridized carbons (Fsp3) is 0.500. The lowest BCUT2D eigenvalue weighted by atomic mass is 9.99. The normalized spacial score (nSPS) is 20.6. The van der Waals surface area contributed by atoms with Gasteiger partial charge in [-0.2, -0.15) is 0 Å². The molecule has 0 unspecified atom stereocenters. The van der Waals surface area contributed by atoms with E-state index in [2.05, 4.69) is 19.2 Å². The topological polar surface area (TPSA) is 29.1 Å². The first-order valence-electron chi connectivity index (χ1n) is 6.27. The molecule has 1 aliphatic rings. The first-order chi connectivity index (χ1) is 8.50. The van der Waals surface area contributed by atoms with Crippen LogP contribution >= 0.6 is 11.6 Å². The van der Waals surface area contributed by atoms with Crippen LogP contribution in [0.15, 0.2) is 18.2 Å². The van der Waals surface area contributed by atoms with Crippen molar-refractivity contribution in [1.29, 1.82) is 0 Å². The molecule has 0 heterocycles. The number of nitrogens with one attached hydrogen (secondary N) is 1. The maximum absolute atomic E-state index is 13.2. The molecule has 1 aromatic rings. The Labute approximate surface area is 112 Å². The molecule has 0 aliphatic heterocycles. The molecular formula is C14H17ClFNO. The molecule has 2 nitrogen and oxygen atoms in total. The largest absolute Gasteiger partial charge is 0.349 e. The first kappa shape index (κ1) is 13.3. The van der Waals surface area contributed by atoms with E-state index in [1.54, 1.807) is 0 Å². The standard InChI is InChI=1S/C14H17ClFNO/c1-3-14(4-2)8-12(14)17-13(18)9-5-10(15)7-11(16)6-9/h5-7,12H,3-4,8H2,1-2H3,(H,17,18)/t12-/m1/s1. The zero-order chi connectivity index (χ0) is 13.3. The molecule has 0 aromatic heterocycles. The van der Waals surface area contributed by atoms with Crippen molar-refractivity contribution in [1.82, 2.24) is 5.32 Å². The number of halogens is 2. The summed E-state index contributed by atoms with van der Waals surface area (Å²) >= 11 is 5.74. The second-order valence-electron chi connectivity index (χ2n) is 4.96. The van der Waals surface area contributed by atoms with E-state index in [-0.39, 0.29) is 28.0 Å².